The smallest absolute Gasteiger partial charge is 0.0453 e. The second kappa shape index (κ2) is 7.46. The first-order valence-electron chi connectivity index (χ1n) is 6.53. The highest BCUT2D eigenvalue weighted by molar-refractivity contribution is 9.10. The molecule has 0 saturated carbocycles. The van der Waals surface area contributed by atoms with E-state index in [9.17, 15) is 0 Å². The van der Waals surface area contributed by atoms with E-state index >= 15 is 0 Å². The molecule has 0 aliphatic heterocycles. The van der Waals surface area contributed by atoms with Crippen LogP contribution in [0.4, 0.5) is 0 Å². The Morgan fingerprint density at radius 1 is 1.15 bits per heavy atom. The van der Waals surface area contributed by atoms with Crippen molar-refractivity contribution in [3.63, 3.8) is 0 Å². The molecule has 0 heterocycles. The normalized spacial score (nSPS) is 12.4. The number of likely N-dealkylation sites (N-methyl/N-ethyl adjacent to an activating group) is 1. The third-order valence-electron chi connectivity index (χ3n) is 3.17. The third-order valence-corrected chi connectivity index (χ3v) is 4.48. The second-order valence-corrected chi connectivity index (χ2v) is 6.27. The van der Waals surface area contributed by atoms with E-state index in [4.69, 9.17) is 23.2 Å². The van der Waals surface area contributed by atoms with Gasteiger partial charge in [0, 0.05) is 20.6 Å². The molecule has 20 heavy (non-hydrogen) atoms. The van der Waals surface area contributed by atoms with Crippen LogP contribution in [-0.4, -0.2) is 6.54 Å². The fraction of sp³-hybridized carbons (Fsp3) is 0.250. The molecule has 1 unspecified atom stereocenters. The van der Waals surface area contributed by atoms with E-state index in [0.29, 0.717) is 10.0 Å². The molecule has 0 aromatic heterocycles. The molecule has 2 rings (SSSR count). The number of hydrogen-bond acceptors (Lipinski definition) is 1. The second-order valence-electron chi connectivity index (χ2n) is 4.57. The van der Waals surface area contributed by atoms with Crippen LogP contribution in [0.3, 0.4) is 0 Å². The molecule has 0 spiro atoms. The Bertz CT molecular complexity index is 586. The number of hydrogen-bond donors (Lipinski definition) is 1. The fourth-order valence-electron chi connectivity index (χ4n) is 2.20. The number of benzene rings is 2. The number of rotatable bonds is 5. The molecular formula is C16H16BrCl2N. The first-order valence-corrected chi connectivity index (χ1v) is 8.08. The first-order chi connectivity index (χ1) is 9.61. The Balaban J connectivity index is 2.28. The number of nitrogens with one attached hydrogen (secondary N) is 1. The minimum atomic E-state index is 0.217. The molecule has 0 aliphatic carbocycles. The van der Waals surface area contributed by atoms with E-state index in [1.165, 1.54) is 5.56 Å². The monoisotopic (exact) mass is 371 g/mol. The Morgan fingerprint density at radius 2 is 1.90 bits per heavy atom. The lowest BCUT2D eigenvalue weighted by Gasteiger charge is -2.20. The topological polar surface area (TPSA) is 12.0 Å². The zero-order valence-corrected chi connectivity index (χ0v) is 14.3. The first kappa shape index (κ1) is 15.8. The molecular weight excluding hydrogens is 357 g/mol. The molecule has 106 valence electrons. The van der Waals surface area contributed by atoms with E-state index in [1.807, 2.05) is 24.3 Å². The van der Waals surface area contributed by atoms with Crippen LogP contribution < -0.4 is 5.32 Å². The quantitative estimate of drug-likeness (QED) is 0.714. The molecule has 1 N–H and O–H groups in total. The van der Waals surface area contributed by atoms with Gasteiger partial charge in [-0.25, -0.2) is 0 Å². The van der Waals surface area contributed by atoms with Gasteiger partial charge in [0.05, 0.1) is 0 Å². The average Bonchev–Trinajstić information content (AvgIpc) is 2.42. The van der Waals surface area contributed by atoms with Crippen molar-refractivity contribution < 1.29 is 0 Å². The van der Waals surface area contributed by atoms with Crippen LogP contribution in [0.15, 0.2) is 46.9 Å². The van der Waals surface area contributed by atoms with Gasteiger partial charge in [0.1, 0.15) is 0 Å². The van der Waals surface area contributed by atoms with Crippen molar-refractivity contribution in [3.8, 4) is 0 Å². The highest BCUT2D eigenvalue weighted by Gasteiger charge is 2.15. The lowest BCUT2D eigenvalue weighted by Crippen LogP contribution is -2.23. The van der Waals surface area contributed by atoms with Gasteiger partial charge in [0.2, 0.25) is 0 Å². The van der Waals surface area contributed by atoms with E-state index in [2.05, 4.69) is 40.3 Å². The number of halogens is 3. The summed E-state index contributed by atoms with van der Waals surface area (Å²) >= 11 is 15.8. The van der Waals surface area contributed by atoms with Crippen LogP contribution in [0.2, 0.25) is 10.0 Å². The predicted octanol–water partition coefficient (Wildman–Crippen LogP) is 5.65. The molecule has 0 fully saturated rings. The molecule has 0 radical (unpaired) electrons. The zero-order chi connectivity index (χ0) is 14.5. The van der Waals surface area contributed by atoms with Crippen LogP contribution in [0.25, 0.3) is 0 Å². The van der Waals surface area contributed by atoms with Gasteiger partial charge in [0.15, 0.2) is 0 Å². The Morgan fingerprint density at radius 3 is 2.55 bits per heavy atom. The van der Waals surface area contributed by atoms with Gasteiger partial charge in [-0.15, -0.1) is 0 Å². The van der Waals surface area contributed by atoms with Crippen LogP contribution in [-0.2, 0) is 6.42 Å². The maximum atomic E-state index is 6.28. The van der Waals surface area contributed by atoms with Crippen molar-refractivity contribution in [2.45, 2.75) is 19.4 Å². The third kappa shape index (κ3) is 3.98. The summed E-state index contributed by atoms with van der Waals surface area (Å²) in [6.07, 6.45) is 0.826. The van der Waals surface area contributed by atoms with E-state index < -0.39 is 0 Å². The molecule has 0 bridgehead atoms. The van der Waals surface area contributed by atoms with Gasteiger partial charge in [-0.3, -0.25) is 0 Å². The lowest BCUT2D eigenvalue weighted by atomic mass is 9.99. The van der Waals surface area contributed by atoms with Crippen LogP contribution >= 0.6 is 39.1 Å². The Kier molecular flexibility index (Phi) is 5.91. The summed E-state index contributed by atoms with van der Waals surface area (Å²) in [7, 11) is 0. The summed E-state index contributed by atoms with van der Waals surface area (Å²) in [4.78, 5) is 0. The summed E-state index contributed by atoms with van der Waals surface area (Å²) in [5.74, 6) is 0. The molecule has 1 atom stereocenters. The van der Waals surface area contributed by atoms with Crippen LogP contribution in [0.5, 0.6) is 0 Å². The van der Waals surface area contributed by atoms with Crippen LogP contribution in [0, 0.1) is 0 Å². The maximum absolute atomic E-state index is 6.28. The summed E-state index contributed by atoms with van der Waals surface area (Å²) in [6.45, 7) is 3.00. The SMILES string of the molecule is CCNC(Cc1ccc(Cl)cc1Cl)c1ccccc1Br. The molecule has 4 heteroatoms. The van der Waals surface area contributed by atoms with E-state index in [0.717, 1.165) is 23.0 Å². The van der Waals surface area contributed by atoms with Gasteiger partial charge >= 0.3 is 0 Å². The fourth-order valence-corrected chi connectivity index (χ4v) is 3.25. The van der Waals surface area contributed by atoms with Gasteiger partial charge < -0.3 is 5.32 Å². The Hall–Kier alpha value is -0.540. The summed E-state index contributed by atoms with van der Waals surface area (Å²) in [6, 6.07) is 14.1. The van der Waals surface area contributed by atoms with Crippen molar-refractivity contribution >= 4 is 39.1 Å². The van der Waals surface area contributed by atoms with Crippen molar-refractivity contribution in [2.24, 2.45) is 0 Å². The average molecular weight is 373 g/mol. The standard InChI is InChI=1S/C16H16BrCl2N/c1-2-20-16(13-5-3-4-6-14(13)17)9-11-7-8-12(18)10-15(11)19/h3-8,10,16,20H,2,9H2,1H3. The van der Waals surface area contributed by atoms with Crippen molar-refractivity contribution in [1.82, 2.24) is 5.32 Å². The summed E-state index contributed by atoms with van der Waals surface area (Å²) in [5.41, 5.74) is 2.33. The minimum Gasteiger partial charge on any atom is -0.310 e. The van der Waals surface area contributed by atoms with Crippen molar-refractivity contribution in [1.29, 1.82) is 0 Å². The highest BCUT2D eigenvalue weighted by atomic mass is 79.9. The largest absolute Gasteiger partial charge is 0.310 e. The predicted molar refractivity (Wildman–Crippen MR) is 90.7 cm³/mol. The lowest BCUT2D eigenvalue weighted by molar-refractivity contribution is 0.548. The van der Waals surface area contributed by atoms with Crippen LogP contribution in [0.1, 0.15) is 24.1 Å². The van der Waals surface area contributed by atoms with Crippen molar-refractivity contribution in [2.75, 3.05) is 6.54 Å². The van der Waals surface area contributed by atoms with Gasteiger partial charge in [-0.05, 0) is 42.3 Å². The van der Waals surface area contributed by atoms with E-state index in [1.54, 1.807) is 6.07 Å². The minimum absolute atomic E-state index is 0.217. The molecule has 2 aromatic rings. The molecule has 0 aliphatic rings. The van der Waals surface area contributed by atoms with Gasteiger partial charge in [0.25, 0.3) is 0 Å². The molecule has 1 nitrogen and oxygen atoms in total. The van der Waals surface area contributed by atoms with Crippen molar-refractivity contribution in [3.05, 3.63) is 68.1 Å². The van der Waals surface area contributed by atoms with Gasteiger partial charge in [-0.2, -0.15) is 0 Å². The molecule has 0 saturated heterocycles. The summed E-state index contributed by atoms with van der Waals surface area (Å²) < 4.78 is 1.11. The Labute approximate surface area is 138 Å². The van der Waals surface area contributed by atoms with Gasteiger partial charge in [-0.1, -0.05) is 70.3 Å². The maximum Gasteiger partial charge on any atom is 0.0453 e. The van der Waals surface area contributed by atoms with E-state index in [-0.39, 0.29) is 6.04 Å². The molecule has 2 aromatic carbocycles. The zero-order valence-electron chi connectivity index (χ0n) is 11.2. The highest BCUT2D eigenvalue weighted by Crippen LogP contribution is 2.29. The molecule has 0 amide bonds. The summed E-state index contributed by atoms with van der Waals surface area (Å²) in [5, 5.41) is 4.89.